The highest BCUT2D eigenvalue weighted by molar-refractivity contribution is 5.96. The zero-order valence-electron chi connectivity index (χ0n) is 23.5. The summed E-state index contributed by atoms with van der Waals surface area (Å²) in [6.07, 6.45) is 5.52. The van der Waals surface area contributed by atoms with Crippen LogP contribution in [0.1, 0.15) is 64.2 Å². The highest BCUT2D eigenvalue weighted by Crippen LogP contribution is 2.29. The van der Waals surface area contributed by atoms with Crippen LogP contribution in [-0.2, 0) is 17.6 Å². The molecule has 2 aliphatic heterocycles. The molecule has 2 atom stereocenters. The topological polar surface area (TPSA) is 80.0 Å². The summed E-state index contributed by atoms with van der Waals surface area (Å²) in [5, 5.41) is 19.0. The Hall–Kier alpha value is -2.83. The second kappa shape index (κ2) is 13.2. The van der Waals surface area contributed by atoms with Gasteiger partial charge in [0.1, 0.15) is 5.82 Å². The quantitative estimate of drug-likeness (QED) is 0.489. The van der Waals surface area contributed by atoms with Gasteiger partial charge in [-0.2, -0.15) is 5.26 Å². The number of likely N-dealkylation sites (N-methyl/N-ethyl adjacent to an activating group) is 1. The van der Waals surface area contributed by atoms with Crippen molar-refractivity contribution in [3.05, 3.63) is 70.0 Å². The first-order valence-electron chi connectivity index (χ1n) is 14.7. The molecule has 0 unspecified atom stereocenters. The number of benzene rings is 2. The lowest BCUT2D eigenvalue weighted by molar-refractivity contribution is -0.0737. The average Bonchev–Trinajstić information content (AvgIpc) is 2.96. The molecule has 7 nitrogen and oxygen atoms in total. The van der Waals surface area contributed by atoms with Crippen LogP contribution < -0.4 is 0 Å². The third-order valence-corrected chi connectivity index (χ3v) is 8.94. The average molecular weight is 549 g/mol. The predicted octanol–water partition coefficient (Wildman–Crippen LogP) is 3.59. The Balaban J connectivity index is 1.25. The third-order valence-electron chi connectivity index (χ3n) is 8.94. The van der Waals surface area contributed by atoms with Crippen molar-refractivity contribution in [2.24, 2.45) is 0 Å². The van der Waals surface area contributed by atoms with Crippen molar-refractivity contribution in [2.75, 3.05) is 59.6 Å². The number of amides is 1. The number of hydrogen-bond acceptors (Lipinski definition) is 6. The summed E-state index contributed by atoms with van der Waals surface area (Å²) < 4.78 is 19.4. The number of carbonyl (C=O) groups excluding carboxylic acids is 1. The van der Waals surface area contributed by atoms with Gasteiger partial charge in [-0.15, -0.1) is 0 Å². The van der Waals surface area contributed by atoms with Gasteiger partial charge in [0.05, 0.1) is 24.8 Å². The molecule has 0 saturated carbocycles. The maximum absolute atomic E-state index is 13.7. The Morgan fingerprint density at radius 1 is 1.23 bits per heavy atom. The van der Waals surface area contributed by atoms with Gasteiger partial charge in [-0.05, 0) is 86.0 Å². The number of aliphatic hydroxyl groups excluding tert-OH is 1. The molecular weight excluding hydrogens is 507 g/mol. The van der Waals surface area contributed by atoms with E-state index >= 15 is 0 Å². The smallest absolute Gasteiger partial charge is 0.253 e. The molecule has 1 aliphatic carbocycles. The Morgan fingerprint density at radius 3 is 2.75 bits per heavy atom. The van der Waals surface area contributed by atoms with E-state index in [2.05, 4.69) is 15.9 Å². The van der Waals surface area contributed by atoms with Crippen molar-refractivity contribution in [1.29, 1.82) is 5.26 Å². The van der Waals surface area contributed by atoms with Crippen LogP contribution in [0.5, 0.6) is 0 Å². The number of nitrogens with zero attached hydrogens (tertiary/aromatic N) is 4. The second-order valence-electron chi connectivity index (χ2n) is 11.6. The number of likely N-dealkylation sites (tertiary alicyclic amines) is 1. The van der Waals surface area contributed by atoms with Gasteiger partial charge >= 0.3 is 0 Å². The maximum Gasteiger partial charge on any atom is 0.253 e. The first-order chi connectivity index (χ1) is 19.5. The van der Waals surface area contributed by atoms with Crippen LogP contribution in [0.3, 0.4) is 0 Å². The van der Waals surface area contributed by atoms with Gasteiger partial charge in [-0.25, -0.2) is 4.39 Å². The number of nitriles is 1. The molecule has 1 amide bonds. The van der Waals surface area contributed by atoms with E-state index in [1.807, 2.05) is 25.2 Å². The fourth-order valence-electron chi connectivity index (χ4n) is 6.66. The summed E-state index contributed by atoms with van der Waals surface area (Å²) in [4.78, 5) is 20.5. The van der Waals surface area contributed by atoms with E-state index in [0.29, 0.717) is 30.3 Å². The molecule has 0 aromatic heterocycles. The van der Waals surface area contributed by atoms with E-state index in [0.717, 1.165) is 88.0 Å². The minimum absolute atomic E-state index is 0.0476. The number of hydrogen-bond donors (Lipinski definition) is 1. The van der Waals surface area contributed by atoms with Gasteiger partial charge in [0.2, 0.25) is 0 Å². The van der Waals surface area contributed by atoms with Crippen LogP contribution in [0.4, 0.5) is 4.39 Å². The van der Waals surface area contributed by atoms with Crippen molar-refractivity contribution < 1.29 is 19.0 Å². The monoisotopic (exact) mass is 548 g/mol. The SMILES string of the molecule is CN(C[C@@H](CCN1CC(N2CCOC[C@H]2CCO)C1)c1ccc(F)cc1)C(=O)c1cc(C#N)cc2c1CCCC2. The lowest BCUT2D eigenvalue weighted by Crippen LogP contribution is -2.64. The second-order valence-corrected chi connectivity index (χ2v) is 11.6. The van der Waals surface area contributed by atoms with Crippen LogP contribution >= 0.6 is 0 Å². The van der Waals surface area contributed by atoms with E-state index in [-0.39, 0.29) is 30.3 Å². The van der Waals surface area contributed by atoms with Crippen LogP contribution in [0, 0.1) is 17.1 Å². The highest BCUT2D eigenvalue weighted by Gasteiger charge is 2.37. The van der Waals surface area contributed by atoms with E-state index in [1.54, 1.807) is 11.0 Å². The Kier molecular flexibility index (Phi) is 9.48. The van der Waals surface area contributed by atoms with E-state index < -0.39 is 0 Å². The molecule has 8 heteroatoms. The number of aryl methyl sites for hydroxylation is 1. The predicted molar refractivity (Wildman–Crippen MR) is 152 cm³/mol. The zero-order chi connectivity index (χ0) is 28.1. The molecule has 2 fully saturated rings. The molecule has 2 saturated heterocycles. The molecular formula is C32H41FN4O3. The third kappa shape index (κ3) is 6.55. The molecule has 3 aliphatic rings. The maximum atomic E-state index is 13.7. The van der Waals surface area contributed by atoms with Gasteiger partial charge in [-0.3, -0.25) is 9.69 Å². The van der Waals surface area contributed by atoms with Crippen molar-refractivity contribution in [3.63, 3.8) is 0 Å². The number of halogens is 1. The molecule has 0 bridgehead atoms. The standard InChI is InChI=1S/C32H41FN4O3/c1-35(32(39)31-17-23(18-34)16-25-4-2-3-5-30(25)31)19-26(24-6-8-27(33)9-7-24)10-12-36-20-29(21-36)37-13-15-40-22-28(37)11-14-38/h6-9,16-17,26,28-29,38H,2-5,10-15,19-22H2,1H3/t26-,28-/m1/s1. The summed E-state index contributed by atoms with van der Waals surface area (Å²) in [7, 11) is 1.84. The molecule has 40 heavy (non-hydrogen) atoms. The largest absolute Gasteiger partial charge is 0.396 e. The zero-order valence-corrected chi connectivity index (χ0v) is 23.5. The van der Waals surface area contributed by atoms with E-state index in [9.17, 15) is 19.6 Å². The first kappa shape index (κ1) is 28.7. The van der Waals surface area contributed by atoms with Gasteiger partial charge in [0.25, 0.3) is 5.91 Å². The molecule has 1 N–H and O–H groups in total. The summed E-state index contributed by atoms with van der Waals surface area (Å²) in [6.45, 7) is 5.90. The Labute approximate surface area is 237 Å². The molecule has 0 spiro atoms. The van der Waals surface area contributed by atoms with Crippen molar-refractivity contribution >= 4 is 5.91 Å². The molecule has 2 aromatic carbocycles. The highest BCUT2D eigenvalue weighted by atomic mass is 19.1. The summed E-state index contributed by atoms with van der Waals surface area (Å²) in [6, 6.07) is 13.4. The molecule has 2 aromatic rings. The summed E-state index contributed by atoms with van der Waals surface area (Å²) in [5.74, 6) is -0.247. The molecule has 2 heterocycles. The normalized spacial score (nSPS) is 20.8. The first-order valence-corrected chi connectivity index (χ1v) is 14.7. The lowest BCUT2D eigenvalue weighted by atomic mass is 9.86. The Bertz CT molecular complexity index is 1210. The van der Waals surface area contributed by atoms with E-state index in [4.69, 9.17) is 4.74 Å². The fraction of sp³-hybridized carbons (Fsp3) is 0.562. The van der Waals surface area contributed by atoms with Crippen LogP contribution in [0.15, 0.2) is 36.4 Å². The minimum Gasteiger partial charge on any atom is -0.396 e. The summed E-state index contributed by atoms with van der Waals surface area (Å²) >= 11 is 0. The van der Waals surface area contributed by atoms with Gasteiger partial charge in [0, 0.05) is 63.4 Å². The Morgan fingerprint density at radius 2 is 2.00 bits per heavy atom. The number of rotatable bonds is 10. The molecule has 5 rings (SSSR count). The van der Waals surface area contributed by atoms with Crippen LogP contribution in [-0.4, -0.2) is 97.4 Å². The van der Waals surface area contributed by atoms with Crippen molar-refractivity contribution in [2.45, 2.75) is 56.5 Å². The van der Waals surface area contributed by atoms with Gasteiger partial charge in [-0.1, -0.05) is 12.1 Å². The number of morpholine rings is 1. The van der Waals surface area contributed by atoms with E-state index in [1.165, 1.54) is 12.1 Å². The van der Waals surface area contributed by atoms with Crippen LogP contribution in [0.25, 0.3) is 0 Å². The fourth-order valence-corrected chi connectivity index (χ4v) is 6.66. The lowest BCUT2D eigenvalue weighted by Gasteiger charge is -2.50. The van der Waals surface area contributed by atoms with Crippen molar-refractivity contribution in [3.8, 4) is 6.07 Å². The number of aliphatic hydroxyl groups is 1. The van der Waals surface area contributed by atoms with Crippen molar-refractivity contribution in [1.82, 2.24) is 14.7 Å². The molecule has 0 radical (unpaired) electrons. The van der Waals surface area contributed by atoms with Crippen LogP contribution in [0.2, 0.25) is 0 Å². The number of carbonyl (C=O) groups is 1. The van der Waals surface area contributed by atoms with Gasteiger partial charge in [0.15, 0.2) is 0 Å². The summed E-state index contributed by atoms with van der Waals surface area (Å²) in [5.41, 5.74) is 4.45. The number of fused-ring (bicyclic) bond motifs is 1. The van der Waals surface area contributed by atoms with Gasteiger partial charge < -0.3 is 19.6 Å². The molecule has 214 valence electrons. The minimum atomic E-state index is -0.264. The number of ether oxygens (including phenoxy) is 1.